The van der Waals surface area contributed by atoms with Gasteiger partial charge in [0.2, 0.25) is 0 Å². The molecule has 0 aliphatic rings. The minimum Gasteiger partial charge on any atom is -0.508 e. The maximum absolute atomic E-state index is 10.7. The number of carboxylic acids is 1. The Hall–Kier alpha value is -1.51. The Balaban J connectivity index is 2.50. The van der Waals surface area contributed by atoms with E-state index >= 15 is 0 Å². The van der Waals surface area contributed by atoms with Crippen LogP contribution in [0.25, 0.3) is 0 Å². The van der Waals surface area contributed by atoms with Crippen LogP contribution in [-0.4, -0.2) is 16.2 Å². The molecule has 0 saturated heterocycles. The molecule has 0 radical (unpaired) electrons. The summed E-state index contributed by atoms with van der Waals surface area (Å²) in [5, 5.41) is 18.7. The number of aliphatic carboxylic acids is 1. The summed E-state index contributed by atoms with van der Waals surface area (Å²) in [5.41, 5.74) is 1.99. The van der Waals surface area contributed by atoms with Gasteiger partial charge in [-0.3, -0.25) is 4.79 Å². The summed E-state index contributed by atoms with van der Waals surface area (Å²) in [4.78, 5) is 10.7. The number of phenolic OH excluding ortho intramolecular Hbond substituents is 1. The second-order valence-electron chi connectivity index (χ2n) is 5.13. The van der Waals surface area contributed by atoms with Crippen molar-refractivity contribution in [3.63, 3.8) is 0 Å². The summed E-state index contributed by atoms with van der Waals surface area (Å²) in [7, 11) is 0. The summed E-state index contributed by atoms with van der Waals surface area (Å²) in [6.07, 6.45) is 2.45. The van der Waals surface area contributed by atoms with Crippen LogP contribution >= 0.6 is 0 Å². The van der Waals surface area contributed by atoms with Crippen LogP contribution in [0.3, 0.4) is 0 Å². The Morgan fingerprint density at radius 3 is 2.50 bits per heavy atom. The van der Waals surface area contributed by atoms with Crippen LogP contribution in [0.1, 0.15) is 50.2 Å². The molecule has 0 bridgehead atoms. The molecule has 0 aliphatic heterocycles. The Labute approximate surface area is 108 Å². The summed E-state index contributed by atoms with van der Waals surface area (Å²) >= 11 is 0. The van der Waals surface area contributed by atoms with Crippen molar-refractivity contribution in [2.24, 2.45) is 5.92 Å². The van der Waals surface area contributed by atoms with Gasteiger partial charge in [0.05, 0.1) is 5.92 Å². The van der Waals surface area contributed by atoms with Gasteiger partial charge in [0.1, 0.15) is 5.75 Å². The molecule has 2 atom stereocenters. The minimum absolute atomic E-state index is 0.256. The normalized spacial score (nSPS) is 14.2. The molecule has 0 aromatic heterocycles. The van der Waals surface area contributed by atoms with Crippen LogP contribution in [0.15, 0.2) is 18.2 Å². The molecule has 1 aromatic carbocycles. The first-order valence-electron chi connectivity index (χ1n) is 6.44. The van der Waals surface area contributed by atoms with Gasteiger partial charge in [-0.25, -0.2) is 0 Å². The molecular formula is C15H22O3. The molecule has 18 heavy (non-hydrogen) atoms. The Bertz CT molecular complexity index is 412. The molecule has 3 heteroatoms. The predicted octanol–water partition coefficient (Wildman–Crippen LogP) is 3.70. The largest absolute Gasteiger partial charge is 0.508 e. The highest BCUT2D eigenvalue weighted by atomic mass is 16.4. The van der Waals surface area contributed by atoms with E-state index in [1.165, 1.54) is 0 Å². The van der Waals surface area contributed by atoms with Crippen molar-refractivity contribution in [3.05, 3.63) is 29.3 Å². The van der Waals surface area contributed by atoms with Crippen LogP contribution in [-0.2, 0) is 4.79 Å². The van der Waals surface area contributed by atoms with Crippen LogP contribution in [0.2, 0.25) is 0 Å². The van der Waals surface area contributed by atoms with Crippen LogP contribution in [0, 0.1) is 12.8 Å². The van der Waals surface area contributed by atoms with Gasteiger partial charge < -0.3 is 10.2 Å². The van der Waals surface area contributed by atoms with Crippen LogP contribution < -0.4 is 0 Å². The fourth-order valence-corrected chi connectivity index (χ4v) is 2.08. The van der Waals surface area contributed by atoms with Gasteiger partial charge in [-0.2, -0.15) is 0 Å². The van der Waals surface area contributed by atoms with E-state index in [0.29, 0.717) is 12.2 Å². The third kappa shape index (κ3) is 4.06. The fraction of sp³-hybridized carbons (Fsp3) is 0.533. The van der Waals surface area contributed by atoms with Gasteiger partial charge in [-0.05, 0) is 42.9 Å². The van der Waals surface area contributed by atoms with Gasteiger partial charge in [-0.1, -0.05) is 32.4 Å². The molecule has 0 heterocycles. The van der Waals surface area contributed by atoms with E-state index in [-0.39, 0.29) is 11.8 Å². The number of rotatable bonds is 6. The van der Waals surface area contributed by atoms with Crippen molar-refractivity contribution in [1.82, 2.24) is 0 Å². The summed E-state index contributed by atoms with van der Waals surface area (Å²) < 4.78 is 0. The third-order valence-electron chi connectivity index (χ3n) is 3.41. The van der Waals surface area contributed by atoms with Crippen molar-refractivity contribution in [1.29, 1.82) is 0 Å². The van der Waals surface area contributed by atoms with E-state index < -0.39 is 5.97 Å². The smallest absolute Gasteiger partial charge is 0.306 e. The zero-order valence-corrected chi connectivity index (χ0v) is 11.3. The molecule has 100 valence electrons. The van der Waals surface area contributed by atoms with Gasteiger partial charge in [0.15, 0.2) is 0 Å². The van der Waals surface area contributed by atoms with E-state index in [2.05, 4.69) is 6.92 Å². The lowest BCUT2D eigenvalue weighted by Gasteiger charge is -2.14. The minimum atomic E-state index is -0.735. The van der Waals surface area contributed by atoms with Gasteiger partial charge in [0, 0.05) is 0 Å². The average molecular weight is 250 g/mol. The molecule has 1 rings (SSSR count). The summed E-state index contributed by atoms with van der Waals surface area (Å²) in [6.45, 7) is 5.74. The third-order valence-corrected chi connectivity index (χ3v) is 3.41. The maximum atomic E-state index is 10.7. The van der Waals surface area contributed by atoms with Crippen molar-refractivity contribution >= 4 is 5.97 Å². The highest BCUT2D eigenvalue weighted by Crippen LogP contribution is 2.30. The van der Waals surface area contributed by atoms with Crippen molar-refractivity contribution in [2.75, 3.05) is 0 Å². The van der Waals surface area contributed by atoms with Gasteiger partial charge in [0.25, 0.3) is 0 Å². The topological polar surface area (TPSA) is 57.5 Å². The molecule has 1 aromatic rings. The highest BCUT2D eigenvalue weighted by molar-refractivity contribution is 5.69. The van der Waals surface area contributed by atoms with Gasteiger partial charge in [-0.15, -0.1) is 0 Å². The molecule has 0 fully saturated rings. The van der Waals surface area contributed by atoms with Crippen molar-refractivity contribution < 1.29 is 15.0 Å². The zero-order chi connectivity index (χ0) is 13.7. The Morgan fingerprint density at radius 2 is 1.94 bits per heavy atom. The maximum Gasteiger partial charge on any atom is 0.306 e. The van der Waals surface area contributed by atoms with E-state index in [1.807, 2.05) is 19.1 Å². The van der Waals surface area contributed by atoms with E-state index in [4.69, 9.17) is 5.11 Å². The van der Waals surface area contributed by atoms with Crippen molar-refractivity contribution in [2.45, 2.75) is 46.0 Å². The highest BCUT2D eigenvalue weighted by Gasteiger charge is 2.13. The number of hydrogen-bond donors (Lipinski definition) is 2. The Morgan fingerprint density at radius 1 is 1.28 bits per heavy atom. The average Bonchev–Trinajstić information content (AvgIpc) is 2.28. The molecule has 0 amide bonds. The lowest BCUT2D eigenvalue weighted by molar-refractivity contribution is -0.141. The Kier molecular flexibility index (Phi) is 5.20. The predicted molar refractivity (Wildman–Crippen MR) is 71.9 cm³/mol. The van der Waals surface area contributed by atoms with E-state index in [9.17, 15) is 9.90 Å². The molecule has 2 N–H and O–H groups in total. The molecule has 0 aliphatic carbocycles. The van der Waals surface area contributed by atoms with Gasteiger partial charge >= 0.3 is 5.97 Å². The summed E-state index contributed by atoms with van der Waals surface area (Å²) in [6, 6.07) is 5.72. The van der Waals surface area contributed by atoms with Crippen LogP contribution in [0.5, 0.6) is 5.75 Å². The monoisotopic (exact) mass is 250 g/mol. The van der Waals surface area contributed by atoms with E-state index in [1.54, 1.807) is 13.0 Å². The fourth-order valence-electron chi connectivity index (χ4n) is 2.08. The lowest BCUT2D eigenvalue weighted by atomic mass is 9.92. The SMILES string of the molecule is Cc1ccc([C@@H](C)CCCC(C)C(=O)O)c(O)c1. The quantitative estimate of drug-likeness (QED) is 0.809. The standard InChI is InChI=1S/C15H22O3/c1-10-7-8-13(14(16)9-10)11(2)5-4-6-12(3)15(17)18/h7-9,11-12,16H,4-6H2,1-3H3,(H,17,18)/t11-,12?/m0/s1. The number of carboxylic acid groups (broad SMARTS) is 1. The number of carbonyl (C=O) groups is 1. The number of hydrogen-bond acceptors (Lipinski definition) is 2. The number of benzene rings is 1. The zero-order valence-electron chi connectivity index (χ0n) is 11.3. The molecular weight excluding hydrogens is 228 g/mol. The first-order valence-corrected chi connectivity index (χ1v) is 6.44. The first kappa shape index (κ1) is 14.6. The second kappa shape index (κ2) is 6.43. The lowest BCUT2D eigenvalue weighted by Crippen LogP contribution is -2.09. The number of aryl methyl sites for hydroxylation is 1. The summed E-state index contributed by atoms with van der Waals surface area (Å²) in [5.74, 6) is -0.426. The van der Waals surface area contributed by atoms with E-state index in [0.717, 1.165) is 24.0 Å². The number of phenols is 1. The molecule has 0 saturated carbocycles. The molecule has 3 nitrogen and oxygen atoms in total. The second-order valence-corrected chi connectivity index (χ2v) is 5.13. The molecule has 0 spiro atoms. The first-order chi connectivity index (χ1) is 8.41. The van der Waals surface area contributed by atoms with Crippen LogP contribution in [0.4, 0.5) is 0 Å². The number of aromatic hydroxyl groups is 1. The van der Waals surface area contributed by atoms with Crippen molar-refractivity contribution in [3.8, 4) is 5.75 Å². The molecule has 1 unspecified atom stereocenters.